The van der Waals surface area contributed by atoms with Crippen LogP contribution in [-0.4, -0.2) is 43.9 Å². The van der Waals surface area contributed by atoms with E-state index < -0.39 is 11.8 Å². The first-order chi connectivity index (χ1) is 13.0. The second-order valence-corrected chi connectivity index (χ2v) is 7.32. The molecule has 1 saturated heterocycles. The van der Waals surface area contributed by atoms with Gasteiger partial charge in [-0.25, -0.2) is 0 Å². The fourth-order valence-corrected chi connectivity index (χ4v) is 3.46. The van der Waals surface area contributed by atoms with Gasteiger partial charge in [-0.15, -0.1) is 0 Å². The van der Waals surface area contributed by atoms with E-state index in [-0.39, 0.29) is 0 Å². The summed E-state index contributed by atoms with van der Waals surface area (Å²) in [5.41, 5.74) is 3.01. The normalized spacial score (nSPS) is 14.7. The number of anilines is 2. The number of carbonyl (C=O) groups excluding carboxylic acids is 2. The number of carbonyl (C=O) groups is 2. The molecule has 2 amide bonds. The van der Waals surface area contributed by atoms with Crippen molar-refractivity contribution in [2.24, 2.45) is 5.92 Å². The van der Waals surface area contributed by atoms with Crippen LogP contribution in [0.1, 0.15) is 18.4 Å². The number of rotatable bonds is 4. The number of nitrogens with one attached hydrogen (secondary N) is 1. The first-order valence-corrected chi connectivity index (χ1v) is 9.44. The Morgan fingerprint density at radius 2 is 1.63 bits per heavy atom. The molecule has 5 heteroatoms. The minimum absolute atomic E-state index is 0.440. The molecule has 1 fully saturated rings. The lowest BCUT2D eigenvalue weighted by Crippen LogP contribution is -2.44. The molecule has 1 N–H and O–H groups in total. The van der Waals surface area contributed by atoms with Crippen LogP contribution in [0.15, 0.2) is 54.6 Å². The predicted octanol–water partition coefficient (Wildman–Crippen LogP) is 3.17. The Hall–Kier alpha value is -2.82. The summed E-state index contributed by atoms with van der Waals surface area (Å²) in [4.78, 5) is 28.4. The van der Waals surface area contributed by atoms with Crippen LogP contribution in [0.25, 0.3) is 0 Å². The summed E-state index contributed by atoms with van der Waals surface area (Å²) in [5.74, 6) is -0.433. The quantitative estimate of drug-likeness (QED) is 0.847. The van der Waals surface area contributed by atoms with E-state index in [9.17, 15) is 9.59 Å². The maximum Gasteiger partial charge on any atom is 0.313 e. The molecule has 0 radical (unpaired) electrons. The van der Waals surface area contributed by atoms with Crippen molar-refractivity contribution in [2.75, 3.05) is 37.4 Å². The minimum Gasteiger partial charge on any atom is -0.378 e. The summed E-state index contributed by atoms with van der Waals surface area (Å²) < 4.78 is 0. The van der Waals surface area contributed by atoms with Gasteiger partial charge in [0, 0.05) is 38.6 Å². The third kappa shape index (κ3) is 5.09. The van der Waals surface area contributed by atoms with Crippen molar-refractivity contribution < 1.29 is 9.59 Å². The molecule has 0 saturated carbocycles. The summed E-state index contributed by atoms with van der Waals surface area (Å²) in [6.45, 7) is 1.28. The fourth-order valence-electron chi connectivity index (χ4n) is 3.46. The van der Waals surface area contributed by atoms with E-state index >= 15 is 0 Å². The molecule has 142 valence electrons. The van der Waals surface area contributed by atoms with Crippen LogP contribution >= 0.6 is 0 Å². The van der Waals surface area contributed by atoms with Crippen LogP contribution < -0.4 is 10.2 Å². The molecule has 2 aromatic rings. The summed E-state index contributed by atoms with van der Waals surface area (Å²) in [6.07, 6.45) is 2.91. The van der Waals surface area contributed by atoms with Gasteiger partial charge in [0.2, 0.25) is 0 Å². The Bertz CT molecular complexity index is 764. The molecule has 1 aliphatic rings. The number of hydrogen-bond donors (Lipinski definition) is 1. The van der Waals surface area contributed by atoms with Gasteiger partial charge < -0.3 is 15.1 Å². The lowest BCUT2D eigenvalue weighted by Gasteiger charge is -2.31. The number of likely N-dealkylation sites (tertiary alicyclic amines) is 1. The largest absolute Gasteiger partial charge is 0.378 e. The van der Waals surface area contributed by atoms with E-state index in [1.165, 1.54) is 5.56 Å². The van der Waals surface area contributed by atoms with Crippen LogP contribution in [-0.2, 0) is 16.0 Å². The zero-order valence-corrected chi connectivity index (χ0v) is 16.0. The Morgan fingerprint density at radius 1 is 1.00 bits per heavy atom. The van der Waals surface area contributed by atoms with Gasteiger partial charge in [0.05, 0.1) is 0 Å². The van der Waals surface area contributed by atoms with Crippen LogP contribution in [0, 0.1) is 5.92 Å². The lowest BCUT2D eigenvalue weighted by molar-refractivity contribution is -0.144. The van der Waals surface area contributed by atoms with Gasteiger partial charge in [0.25, 0.3) is 0 Å². The first-order valence-electron chi connectivity index (χ1n) is 9.44. The van der Waals surface area contributed by atoms with E-state index in [4.69, 9.17) is 0 Å². The molecule has 1 aliphatic heterocycles. The zero-order valence-electron chi connectivity index (χ0n) is 16.0. The van der Waals surface area contributed by atoms with E-state index in [1.54, 1.807) is 4.90 Å². The summed E-state index contributed by atoms with van der Waals surface area (Å²) in [6, 6.07) is 17.9. The number of nitrogens with zero attached hydrogens (tertiary/aromatic N) is 2. The minimum atomic E-state index is -0.561. The molecule has 2 aromatic carbocycles. The highest BCUT2D eigenvalue weighted by atomic mass is 16.2. The number of hydrogen-bond acceptors (Lipinski definition) is 3. The van der Waals surface area contributed by atoms with Gasteiger partial charge >= 0.3 is 11.8 Å². The molecule has 0 bridgehead atoms. The van der Waals surface area contributed by atoms with Gasteiger partial charge in [0.1, 0.15) is 0 Å². The Balaban J connectivity index is 1.49. The van der Waals surface area contributed by atoms with Gasteiger partial charge in [-0.1, -0.05) is 30.3 Å². The molecule has 0 aliphatic carbocycles. The van der Waals surface area contributed by atoms with Crippen molar-refractivity contribution in [1.29, 1.82) is 0 Å². The van der Waals surface area contributed by atoms with Crippen LogP contribution in [0.3, 0.4) is 0 Å². The first kappa shape index (κ1) is 19.0. The maximum absolute atomic E-state index is 12.4. The van der Waals surface area contributed by atoms with Crippen molar-refractivity contribution in [2.45, 2.75) is 19.3 Å². The summed E-state index contributed by atoms with van der Waals surface area (Å²) in [7, 11) is 3.91. The predicted molar refractivity (Wildman–Crippen MR) is 109 cm³/mol. The van der Waals surface area contributed by atoms with Crippen LogP contribution in [0.4, 0.5) is 11.4 Å². The molecule has 0 atom stereocenters. The lowest BCUT2D eigenvalue weighted by atomic mass is 9.90. The molecule has 0 aromatic heterocycles. The molecule has 0 unspecified atom stereocenters. The Kier molecular flexibility index (Phi) is 6.12. The van der Waals surface area contributed by atoms with Crippen molar-refractivity contribution in [3.8, 4) is 0 Å². The topological polar surface area (TPSA) is 52.7 Å². The van der Waals surface area contributed by atoms with Crippen molar-refractivity contribution in [3.05, 3.63) is 60.2 Å². The molecule has 0 spiro atoms. The Morgan fingerprint density at radius 3 is 2.22 bits per heavy atom. The monoisotopic (exact) mass is 365 g/mol. The van der Waals surface area contributed by atoms with Crippen molar-refractivity contribution in [3.63, 3.8) is 0 Å². The second-order valence-electron chi connectivity index (χ2n) is 7.32. The molecule has 1 heterocycles. The van der Waals surface area contributed by atoms with Crippen LogP contribution in [0.5, 0.6) is 0 Å². The fraction of sp³-hybridized carbons (Fsp3) is 0.364. The summed E-state index contributed by atoms with van der Waals surface area (Å²) in [5, 5.41) is 2.71. The average Bonchev–Trinajstić information content (AvgIpc) is 2.69. The van der Waals surface area contributed by atoms with Gasteiger partial charge in [0.15, 0.2) is 0 Å². The highest BCUT2D eigenvalue weighted by Gasteiger charge is 2.27. The SMILES string of the molecule is CN(C)c1ccc(NC(=O)C(=O)N2CCC(Cc3ccccc3)CC2)cc1. The maximum atomic E-state index is 12.4. The second kappa shape index (κ2) is 8.71. The highest BCUT2D eigenvalue weighted by Crippen LogP contribution is 2.22. The molecular weight excluding hydrogens is 338 g/mol. The van der Waals surface area contributed by atoms with E-state index in [0.29, 0.717) is 24.7 Å². The molecule has 5 nitrogen and oxygen atoms in total. The van der Waals surface area contributed by atoms with Gasteiger partial charge in [-0.3, -0.25) is 9.59 Å². The molecular formula is C22H27N3O2. The number of amides is 2. The van der Waals surface area contributed by atoms with Crippen LogP contribution in [0.2, 0.25) is 0 Å². The van der Waals surface area contributed by atoms with Crippen molar-refractivity contribution in [1.82, 2.24) is 4.90 Å². The third-order valence-corrected chi connectivity index (χ3v) is 5.10. The van der Waals surface area contributed by atoms with Gasteiger partial charge in [-0.2, -0.15) is 0 Å². The number of benzene rings is 2. The smallest absolute Gasteiger partial charge is 0.313 e. The van der Waals surface area contributed by atoms with E-state index in [1.807, 2.05) is 49.3 Å². The van der Waals surface area contributed by atoms with E-state index in [2.05, 4.69) is 29.6 Å². The standard InChI is InChI=1S/C22H27N3O2/c1-24(2)20-10-8-19(9-11-20)23-21(26)22(27)25-14-12-18(13-15-25)16-17-6-4-3-5-7-17/h3-11,18H,12-16H2,1-2H3,(H,23,26). The van der Waals surface area contributed by atoms with Gasteiger partial charge in [-0.05, 0) is 55.0 Å². The average molecular weight is 365 g/mol. The number of piperidine rings is 1. The highest BCUT2D eigenvalue weighted by molar-refractivity contribution is 6.39. The third-order valence-electron chi connectivity index (χ3n) is 5.10. The molecule has 3 rings (SSSR count). The Labute approximate surface area is 161 Å². The van der Waals surface area contributed by atoms with Crippen molar-refractivity contribution >= 4 is 23.2 Å². The summed E-state index contributed by atoms with van der Waals surface area (Å²) >= 11 is 0. The zero-order chi connectivity index (χ0) is 19.2. The van der Waals surface area contributed by atoms with E-state index in [0.717, 1.165) is 24.9 Å². The molecule has 27 heavy (non-hydrogen) atoms.